The van der Waals surface area contributed by atoms with Crippen molar-refractivity contribution in [3.05, 3.63) is 16.1 Å². The summed E-state index contributed by atoms with van der Waals surface area (Å²) in [4.78, 5) is 19.5. The molecule has 3 N–H and O–H groups in total. The first-order chi connectivity index (χ1) is 9.10. The molecule has 1 aromatic heterocycles. The maximum absolute atomic E-state index is 11.8. The third-order valence-corrected chi connectivity index (χ3v) is 4.42. The number of carbonyl (C=O) groups is 1. The van der Waals surface area contributed by atoms with Crippen LogP contribution in [0.3, 0.4) is 0 Å². The maximum Gasteiger partial charge on any atom is 0.221 e. The number of carbonyl (C=O) groups excluding carboxylic acids is 1. The van der Waals surface area contributed by atoms with Gasteiger partial charge in [0, 0.05) is 36.5 Å². The van der Waals surface area contributed by atoms with Gasteiger partial charge < -0.3 is 11.1 Å². The SMILES string of the molecule is Cc1ncsc1CN(C)C(CN)CC(=O)NC1CC1. The van der Waals surface area contributed by atoms with E-state index in [1.165, 1.54) is 4.88 Å². The van der Waals surface area contributed by atoms with Crippen LogP contribution in [0.1, 0.15) is 29.8 Å². The summed E-state index contributed by atoms with van der Waals surface area (Å²) in [7, 11) is 2.01. The van der Waals surface area contributed by atoms with E-state index >= 15 is 0 Å². The molecule has 0 aliphatic heterocycles. The number of hydrogen-bond donors (Lipinski definition) is 2. The van der Waals surface area contributed by atoms with Crippen LogP contribution in [0.2, 0.25) is 0 Å². The largest absolute Gasteiger partial charge is 0.353 e. The van der Waals surface area contributed by atoms with Gasteiger partial charge in [-0.05, 0) is 26.8 Å². The molecule has 106 valence electrons. The molecule has 2 rings (SSSR count). The Hall–Kier alpha value is -0.980. The lowest BCUT2D eigenvalue weighted by molar-refractivity contribution is -0.122. The summed E-state index contributed by atoms with van der Waals surface area (Å²) < 4.78 is 0. The molecule has 1 aliphatic carbocycles. The summed E-state index contributed by atoms with van der Waals surface area (Å²) in [5.41, 5.74) is 8.72. The van der Waals surface area contributed by atoms with Gasteiger partial charge in [-0.3, -0.25) is 9.69 Å². The molecule has 19 heavy (non-hydrogen) atoms. The fourth-order valence-corrected chi connectivity index (χ4v) is 2.82. The zero-order valence-electron chi connectivity index (χ0n) is 11.6. The second-order valence-corrected chi connectivity index (χ2v) is 6.15. The molecule has 0 saturated heterocycles. The normalized spacial score (nSPS) is 16.6. The van der Waals surface area contributed by atoms with Crippen molar-refractivity contribution in [1.29, 1.82) is 0 Å². The van der Waals surface area contributed by atoms with Crippen molar-refractivity contribution in [1.82, 2.24) is 15.2 Å². The number of thiazole rings is 1. The topological polar surface area (TPSA) is 71.2 Å². The number of likely N-dealkylation sites (N-methyl/N-ethyl adjacent to an activating group) is 1. The summed E-state index contributed by atoms with van der Waals surface area (Å²) in [6.07, 6.45) is 2.71. The van der Waals surface area contributed by atoms with E-state index in [0.29, 0.717) is 19.0 Å². The lowest BCUT2D eigenvalue weighted by Gasteiger charge is -2.26. The van der Waals surface area contributed by atoms with Crippen molar-refractivity contribution in [3.63, 3.8) is 0 Å². The molecule has 0 spiro atoms. The first kappa shape index (κ1) is 14.4. The molecule has 0 radical (unpaired) electrons. The number of hydrogen-bond acceptors (Lipinski definition) is 5. The smallest absolute Gasteiger partial charge is 0.221 e. The molecule has 6 heteroatoms. The highest BCUT2D eigenvalue weighted by Gasteiger charge is 2.25. The Morgan fingerprint density at radius 1 is 1.68 bits per heavy atom. The third-order valence-electron chi connectivity index (χ3n) is 3.50. The predicted octanol–water partition coefficient (Wildman–Crippen LogP) is 0.879. The van der Waals surface area contributed by atoms with Crippen molar-refractivity contribution in [2.45, 2.75) is 44.8 Å². The van der Waals surface area contributed by atoms with E-state index in [-0.39, 0.29) is 11.9 Å². The molecule has 1 saturated carbocycles. The van der Waals surface area contributed by atoms with Gasteiger partial charge in [0.15, 0.2) is 0 Å². The van der Waals surface area contributed by atoms with Crippen LogP contribution >= 0.6 is 11.3 Å². The predicted molar refractivity (Wildman–Crippen MR) is 76.9 cm³/mol. The number of aryl methyl sites for hydroxylation is 1. The van der Waals surface area contributed by atoms with E-state index in [1.54, 1.807) is 11.3 Å². The average molecular weight is 282 g/mol. The minimum absolute atomic E-state index is 0.0836. The lowest BCUT2D eigenvalue weighted by Crippen LogP contribution is -2.41. The molecule has 1 atom stereocenters. The summed E-state index contributed by atoms with van der Waals surface area (Å²) >= 11 is 1.65. The molecule has 0 aromatic carbocycles. The Kier molecular flexibility index (Phi) is 4.90. The second kappa shape index (κ2) is 6.45. The van der Waals surface area contributed by atoms with Crippen molar-refractivity contribution in [2.75, 3.05) is 13.6 Å². The fraction of sp³-hybridized carbons (Fsp3) is 0.692. The number of nitrogens with two attached hydrogens (primary N) is 1. The molecule has 1 heterocycles. The molecule has 1 aliphatic rings. The molecular weight excluding hydrogens is 260 g/mol. The van der Waals surface area contributed by atoms with Crippen LogP contribution in [-0.2, 0) is 11.3 Å². The van der Waals surface area contributed by atoms with Gasteiger partial charge in [-0.2, -0.15) is 0 Å². The Bertz CT molecular complexity index is 430. The first-order valence-electron chi connectivity index (χ1n) is 6.68. The van der Waals surface area contributed by atoms with Gasteiger partial charge in [0.2, 0.25) is 5.91 Å². The third kappa shape index (κ3) is 4.26. The summed E-state index contributed by atoms with van der Waals surface area (Å²) in [5, 5.41) is 3.01. The van der Waals surface area contributed by atoms with Crippen LogP contribution in [0.15, 0.2) is 5.51 Å². The number of nitrogens with one attached hydrogen (secondary N) is 1. The number of aromatic nitrogens is 1. The van der Waals surface area contributed by atoms with Crippen LogP contribution in [0, 0.1) is 6.92 Å². The number of amides is 1. The fourth-order valence-electron chi connectivity index (χ4n) is 1.98. The summed E-state index contributed by atoms with van der Waals surface area (Å²) in [6, 6.07) is 0.500. The minimum atomic E-state index is 0.0836. The standard InChI is InChI=1S/C13H22N4OS/c1-9-12(19-8-15-9)7-17(2)11(6-14)5-13(18)16-10-3-4-10/h8,10-11H,3-7,14H2,1-2H3,(H,16,18). The highest BCUT2D eigenvalue weighted by molar-refractivity contribution is 7.09. The molecule has 1 fully saturated rings. The van der Waals surface area contributed by atoms with E-state index in [9.17, 15) is 4.79 Å². The van der Waals surface area contributed by atoms with E-state index in [2.05, 4.69) is 15.2 Å². The molecule has 0 bridgehead atoms. The van der Waals surface area contributed by atoms with Crippen molar-refractivity contribution >= 4 is 17.2 Å². The monoisotopic (exact) mass is 282 g/mol. The van der Waals surface area contributed by atoms with Crippen molar-refractivity contribution in [3.8, 4) is 0 Å². The maximum atomic E-state index is 11.8. The quantitative estimate of drug-likeness (QED) is 0.779. The lowest BCUT2D eigenvalue weighted by atomic mass is 10.1. The van der Waals surface area contributed by atoms with Crippen LogP contribution in [0.25, 0.3) is 0 Å². The van der Waals surface area contributed by atoms with E-state index in [4.69, 9.17) is 5.73 Å². The summed E-state index contributed by atoms with van der Waals surface area (Å²) in [5.74, 6) is 0.117. The van der Waals surface area contributed by atoms with Gasteiger partial charge in [0.1, 0.15) is 0 Å². The van der Waals surface area contributed by atoms with Gasteiger partial charge in [-0.15, -0.1) is 11.3 Å². The zero-order valence-corrected chi connectivity index (χ0v) is 12.4. The Morgan fingerprint density at radius 3 is 2.95 bits per heavy atom. The molecule has 1 unspecified atom stereocenters. The van der Waals surface area contributed by atoms with Crippen LogP contribution < -0.4 is 11.1 Å². The van der Waals surface area contributed by atoms with Gasteiger partial charge in [0.05, 0.1) is 11.2 Å². The minimum Gasteiger partial charge on any atom is -0.353 e. The Balaban J connectivity index is 1.85. The Labute approximate surface area is 118 Å². The molecule has 1 aromatic rings. The Morgan fingerprint density at radius 2 is 2.42 bits per heavy atom. The highest BCUT2D eigenvalue weighted by Crippen LogP contribution is 2.19. The number of rotatable bonds is 7. The zero-order chi connectivity index (χ0) is 13.8. The van der Waals surface area contributed by atoms with E-state index < -0.39 is 0 Å². The second-order valence-electron chi connectivity index (χ2n) is 5.21. The van der Waals surface area contributed by atoms with Gasteiger partial charge in [0.25, 0.3) is 0 Å². The van der Waals surface area contributed by atoms with Crippen LogP contribution in [-0.4, -0.2) is 41.5 Å². The average Bonchev–Trinajstić information content (AvgIpc) is 3.09. The van der Waals surface area contributed by atoms with Crippen molar-refractivity contribution in [2.24, 2.45) is 5.73 Å². The molecular formula is C13H22N4OS. The molecule has 1 amide bonds. The van der Waals surface area contributed by atoms with Gasteiger partial charge in [-0.25, -0.2) is 4.98 Å². The van der Waals surface area contributed by atoms with Gasteiger partial charge >= 0.3 is 0 Å². The number of nitrogens with zero attached hydrogens (tertiary/aromatic N) is 2. The molecule has 5 nitrogen and oxygen atoms in total. The van der Waals surface area contributed by atoms with E-state index in [0.717, 1.165) is 25.1 Å². The van der Waals surface area contributed by atoms with E-state index in [1.807, 2.05) is 19.5 Å². The summed E-state index contributed by atoms with van der Waals surface area (Å²) in [6.45, 7) is 3.30. The first-order valence-corrected chi connectivity index (χ1v) is 7.56. The van der Waals surface area contributed by atoms with Crippen LogP contribution in [0.5, 0.6) is 0 Å². The van der Waals surface area contributed by atoms with Gasteiger partial charge in [-0.1, -0.05) is 0 Å². The van der Waals surface area contributed by atoms with Crippen molar-refractivity contribution < 1.29 is 4.79 Å². The highest BCUT2D eigenvalue weighted by atomic mass is 32.1. The van der Waals surface area contributed by atoms with Crippen LogP contribution in [0.4, 0.5) is 0 Å².